The lowest BCUT2D eigenvalue weighted by Crippen LogP contribution is -2.31. The van der Waals surface area contributed by atoms with Crippen LogP contribution in [0.3, 0.4) is 0 Å². The summed E-state index contributed by atoms with van der Waals surface area (Å²) in [5.41, 5.74) is -0.859. The molecule has 0 aliphatic rings. The van der Waals surface area contributed by atoms with Gasteiger partial charge in [-0.2, -0.15) is 4.52 Å². The zero-order chi connectivity index (χ0) is 14.0. The van der Waals surface area contributed by atoms with Gasteiger partial charge in [-0.25, -0.2) is 9.69 Å². The van der Waals surface area contributed by atoms with Crippen molar-refractivity contribution in [1.29, 1.82) is 0 Å². The third-order valence-electron chi connectivity index (χ3n) is 2.39. The first-order valence-corrected chi connectivity index (χ1v) is 7.74. The van der Waals surface area contributed by atoms with Crippen LogP contribution >= 0.6 is 7.72 Å². The maximum absolute atomic E-state index is 12.5. The van der Waals surface area contributed by atoms with Crippen molar-refractivity contribution in [2.45, 2.75) is 40.7 Å². The van der Waals surface area contributed by atoms with Gasteiger partial charge in [0.2, 0.25) is 0 Å². The van der Waals surface area contributed by atoms with Crippen molar-refractivity contribution in [2.24, 2.45) is 5.41 Å². The highest BCUT2D eigenvalue weighted by atomic mass is 31.2. The SMILES string of the molecule is CC(C)O[P+](O)(C(=O)C(C)(C)C)c1ccccc1. The van der Waals surface area contributed by atoms with Crippen LogP contribution in [0.5, 0.6) is 0 Å². The van der Waals surface area contributed by atoms with E-state index in [-0.39, 0.29) is 11.6 Å². The molecule has 0 saturated heterocycles. The number of benzene rings is 1. The second-order valence-electron chi connectivity index (χ2n) is 5.62. The fraction of sp³-hybridized carbons (Fsp3) is 0.500. The molecule has 18 heavy (non-hydrogen) atoms. The highest BCUT2D eigenvalue weighted by Gasteiger charge is 2.55. The molecule has 0 aliphatic heterocycles. The number of carbonyl (C=O) groups is 1. The lowest BCUT2D eigenvalue weighted by molar-refractivity contribution is -0.119. The molecule has 1 rings (SSSR count). The van der Waals surface area contributed by atoms with Crippen LogP contribution < -0.4 is 5.30 Å². The Bertz CT molecular complexity index is 409. The lowest BCUT2D eigenvalue weighted by Gasteiger charge is -2.24. The zero-order valence-electron chi connectivity index (χ0n) is 11.7. The Morgan fingerprint density at radius 1 is 1.22 bits per heavy atom. The molecule has 0 radical (unpaired) electrons. The van der Waals surface area contributed by atoms with Crippen molar-refractivity contribution < 1.29 is 14.2 Å². The van der Waals surface area contributed by atoms with Crippen LogP contribution in [0, 0.1) is 5.41 Å². The smallest absolute Gasteiger partial charge is 0.246 e. The van der Waals surface area contributed by atoms with E-state index in [1.807, 2.05) is 19.9 Å². The van der Waals surface area contributed by atoms with Gasteiger partial charge >= 0.3 is 13.2 Å². The van der Waals surface area contributed by atoms with Crippen molar-refractivity contribution in [1.82, 2.24) is 0 Å². The van der Waals surface area contributed by atoms with Crippen LogP contribution in [-0.2, 0) is 9.32 Å². The third kappa shape index (κ3) is 3.38. The largest absolute Gasteiger partial charge is 0.374 e. The standard InChI is InChI=1S/C14H22O3P/c1-11(2)17-18(16,13(15)14(3,4)5)12-9-7-6-8-10-12/h6-11,16H,1-5H3/q+1. The number of hydrogen-bond acceptors (Lipinski definition) is 3. The average molecular weight is 269 g/mol. The zero-order valence-corrected chi connectivity index (χ0v) is 12.6. The number of carbonyl (C=O) groups excluding carboxylic acids is 1. The van der Waals surface area contributed by atoms with E-state index in [2.05, 4.69) is 0 Å². The van der Waals surface area contributed by atoms with Crippen LogP contribution in [0.4, 0.5) is 0 Å². The minimum atomic E-state index is -3.23. The summed E-state index contributed by atoms with van der Waals surface area (Å²) < 4.78 is 5.63. The molecule has 4 heteroatoms. The monoisotopic (exact) mass is 269 g/mol. The highest BCUT2D eigenvalue weighted by Crippen LogP contribution is 2.60. The minimum Gasteiger partial charge on any atom is -0.246 e. The molecular formula is C14H22O3P+. The fourth-order valence-corrected chi connectivity index (χ4v) is 4.16. The molecule has 100 valence electrons. The maximum Gasteiger partial charge on any atom is 0.374 e. The summed E-state index contributed by atoms with van der Waals surface area (Å²) in [6.45, 7) is 9.04. The van der Waals surface area contributed by atoms with Gasteiger partial charge in [0.05, 0.1) is 5.41 Å². The fourth-order valence-electron chi connectivity index (χ4n) is 1.62. The average Bonchev–Trinajstić information content (AvgIpc) is 2.27. The van der Waals surface area contributed by atoms with E-state index in [1.165, 1.54) is 0 Å². The van der Waals surface area contributed by atoms with E-state index in [0.717, 1.165) is 0 Å². The maximum atomic E-state index is 12.5. The normalized spacial score (nSPS) is 15.5. The molecule has 0 spiro atoms. The van der Waals surface area contributed by atoms with Crippen molar-refractivity contribution in [3.63, 3.8) is 0 Å². The first-order valence-electron chi connectivity index (χ1n) is 6.08. The van der Waals surface area contributed by atoms with Gasteiger partial charge in [-0.1, -0.05) is 18.2 Å². The molecule has 1 aromatic carbocycles. The molecule has 0 aromatic heterocycles. The molecule has 0 aliphatic carbocycles. The quantitative estimate of drug-likeness (QED) is 0.854. The summed E-state index contributed by atoms with van der Waals surface area (Å²) in [6.07, 6.45) is -0.199. The van der Waals surface area contributed by atoms with Crippen LogP contribution in [0.2, 0.25) is 0 Å². The second-order valence-corrected chi connectivity index (χ2v) is 7.91. The van der Waals surface area contributed by atoms with Gasteiger partial charge in [0, 0.05) is 0 Å². The summed E-state index contributed by atoms with van der Waals surface area (Å²) in [5, 5.41) is 0.582. The van der Waals surface area contributed by atoms with Gasteiger partial charge in [-0.05, 0) is 46.8 Å². The Morgan fingerprint density at radius 3 is 2.11 bits per heavy atom. The Kier molecular flexibility index (Phi) is 4.66. The predicted molar refractivity (Wildman–Crippen MR) is 75.9 cm³/mol. The second kappa shape index (κ2) is 5.48. The topological polar surface area (TPSA) is 46.5 Å². The summed E-state index contributed by atoms with van der Waals surface area (Å²) in [7, 11) is -3.23. The summed E-state index contributed by atoms with van der Waals surface area (Å²) in [4.78, 5) is 23.3. The summed E-state index contributed by atoms with van der Waals surface area (Å²) >= 11 is 0. The molecule has 1 atom stereocenters. The van der Waals surface area contributed by atoms with Crippen LogP contribution in [-0.4, -0.2) is 16.5 Å². The van der Waals surface area contributed by atoms with Crippen molar-refractivity contribution in [3.8, 4) is 0 Å². The summed E-state index contributed by atoms with van der Waals surface area (Å²) in [6, 6.07) is 8.96. The Morgan fingerprint density at radius 2 is 1.72 bits per heavy atom. The molecule has 1 unspecified atom stereocenters. The molecule has 0 saturated carbocycles. The van der Waals surface area contributed by atoms with Gasteiger partial charge in [-0.15, -0.1) is 0 Å². The first kappa shape index (κ1) is 15.3. The Labute approximate surface area is 110 Å². The van der Waals surface area contributed by atoms with Crippen molar-refractivity contribution >= 4 is 18.5 Å². The molecule has 1 N–H and O–H groups in total. The van der Waals surface area contributed by atoms with E-state index in [9.17, 15) is 9.69 Å². The Hall–Kier alpha value is -0.760. The number of rotatable bonds is 4. The van der Waals surface area contributed by atoms with Crippen LogP contribution in [0.25, 0.3) is 0 Å². The molecule has 3 nitrogen and oxygen atoms in total. The van der Waals surface area contributed by atoms with Crippen LogP contribution in [0.15, 0.2) is 30.3 Å². The molecule has 0 heterocycles. The van der Waals surface area contributed by atoms with E-state index in [0.29, 0.717) is 5.30 Å². The molecular weight excluding hydrogens is 247 g/mol. The van der Waals surface area contributed by atoms with Gasteiger partial charge in [0.1, 0.15) is 6.10 Å². The summed E-state index contributed by atoms with van der Waals surface area (Å²) in [5.74, 6) is 0. The van der Waals surface area contributed by atoms with Gasteiger partial charge in [-0.3, -0.25) is 0 Å². The molecule has 0 fully saturated rings. The van der Waals surface area contributed by atoms with E-state index in [1.54, 1.807) is 45.0 Å². The van der Waals surface area contributed by atoms with Crippen LogP contribution in [0.1, 0.15) is 34.6 Å². The van der Waals surface area contributed by atoms with Gasteiger partial charge < -0.3 is 0 Å². The first-order chi connectivity index (χ1) is 8.18. The van der Waals surface area contributed by atoms with Crippen molar-refractivity contribution in [3.05, 3.63) is 30.3 Å². The molecule has 0 amide bonds. The minimum absolute atomic E-state index is 0.199. The molecule has 0 bridgehead atoms. The lowest BCUT2D eigenvalue weighted by atomic mass is 9.99. The molecule has 1 aromatic rings. The van der Waals surface area contributed by atoms with E-state index >= 15 is 0 Å². The van der Waals surface area contributed by atoms with E-state index in [4.69, 9.17) is 4.52 Å². The van der Waals surface area contributed by atoms with Crippen molar-refractivity contribution in [2.75, 3.05) is 0 Å². The predicted octanol–water partition coefficient (Wildman–Crippen LogP) is 3.15. The number of hydrogen-bond donors (Lipinski definition) is 1. The highest BCUT2D eigenvalue weighted by molar-refractivity contribution is 7.88. The third-order valence-corrected chi connectivity index (χ3v) is 5.33. The van der Waals surface area contributed by atoms with E-state index < -0.39 is 13.1 Å². The Balaban J connectivity index is 3.24. The van der Waals surface area contributed by atoms with Gasteiger partial charge in [0.15, 0.2) is 5.30 Å². The van der Waals surface area contributed by atoms with Gasteiger partial charge in [0.25, 0.3) is 0 Å².